The minimum Gasteiger partial charge on any atom is -0.284 e. The van der Waals surface area contributed by atoms with E-state index in [0.717, 1.165) is 6.42 Å². The van der Waals surface area contributed by atoms with Crippen molar-refractivity contribution in [3.8, 4) is 0 Å². The van der Waals surface area contributed by atoms with Crippen molar-refractivity contribution in [2.24, 2.45) is 0 Å². The maximum atomic E-state index is 3.40. The molecule has 0 aromatic heterocycles. The molecule has 0 saturated carbocycles. The normalized spacial score (nSPS) is 21.2. The lowest BCUT2D eigenvalue weighted by Crippen LogP contribution is -2.39. The van der Waals surface area contributed by atoms with Crippen LogP contribution < -0.4 is 5.43 Å². The van der Waals surface area contributed by atoms with Crippen LogP contribution >= 0.6 is 0 Å². The fourth-order valence-corrected chi connectivity index (χ4v) is 1.14. The van der Waals surface area contributed by atoms with Gasteiger partial charge in [0.15, 0.2) is 0 Å². The van der Waals surface area contributed by atoms with Gasteiger partial charge in [-0.2, -0.15) is 0 Å². The minimum absolute atomic E-state index is 0.506. The first kappa shape index (κ1) is 10.1. The second-order valence-electron chi connectivity index (χ2n) is 3.22. The molecule has 1 atom stereocenters. The van der Waals surface area contributed by atoms with Gasteiger partial charge in [0, 0.05) is 12.2 Å². The van der Waals surface area contributed by atoms with Gasteiger partial charge in [-0.05, 0) is 32.4 Å². The molecule has 0 fully saturated rings. The Morgan fingerprint density at radius 3 is 2.92 bits per heavy atom. The van der Waals surface area contributed by atoms with Crippen LogP contribution in [-0.4, -0.2) is 11.1 Å². The predicted octanol–water partition coefficient (Wildman–Crippen LogP) is 2.58. The highest BCUT2D eigenvalue weighted by atomic mass is 15.5. The summed E-state index contributed by atoms with van der Waals surface area (Å²) in [6, 6.07) is 0.506. The van der Waals surface area contributed by atoms with E-state index in [9.17, 15) is 0 Å². The Kier molecular flexibility index (Phi) is 3.77. The topological polar surface area (TPSA) is 15.3 Å². The molecule has 13 heavy (non-hydrogen) atoms. The number of hydrogen-bond donors (Lipinski definition) is 1. The summed E-state index contributed by atoms with van der Waals surface area (Å²) in [4.78, 5) is 0. The van der Waals surface area contributed by atoms with Crippen molar-refractivity contribution in [3.63, 3.8) is 0 Å². The third-order valence-corrected chi connectivity index (χ3v) is 2.16. The number of nitrogens with zero attached hydrogens (tertiary/aromatic N) is 1. The average molecular weight is 178 g/mol. The lowest BCUT2D eigenvalue weighted by atomic mass is 10.2. The first-order valence-electron chi connectivity index (χ1n) is 4.84. The van der Waals surface area contributed by atoms with Crippen molar-refractivity contribution >= 4 is 0 Å². The summed E-state index contributed by atoms with van der Waals surface area (Å²) >= 11 is 0. The third kappa shape index (κ3) is 2.74. The van der Waals surface area contributed by atoms with Gasteiger partial charge in [0.05, 0.1) is 5.70 Å². The van der Waals surface area contributed by atoms with Crippen LogP contribution in [0.25, 0.3) is 0 Å². The molecule has 0 bridgehead atoms. The Morgan fingerprint density at radius 1 is 1.54 bits per heavy atom. The van der Waals surface area contributed by atoms with E-state index in [-0.39, 0.29) is 0 Å². The van der Waals surface area contributed by atoms with E-state index >= 15 is 0 Å². The van der Waals surface area contributed by atoms with E-state index in [2.05, 4.69) is 36.4 Å². The van der Waals surface area contributed by atoms with Crippen molar-refractivity contribution < 1.29 is 0 Å². The van der Waals surface area contributed by atoms with E-state index in [4.69, 9.17) is 0 Å². The monoisotopic (exact) mass is 178 g/mol. The Bertz CT molecular complexity index is 238. The summed E-state index contributed by atoms with van der Waals surface area (Å²) in [6.45, 7) is 6.40. The highest BCUT2D eigenvalue weighted by Gasteiger charge is 2.07. The fraction of sp³-hybridized carbons (Fsp3) is 0.455. The highest BCUT2D eigenvalue weighted by Crippen LogP contribution is 2.10. The third-order valence-electron chi connectivity index (χ3n) is 2.16. The van der Waals surface area contributed by atoms with Gasteiger partial charge in [0.25, 0.3) is 0 Å². The van der Waals surface area contributed by atoms with Crippen molar-refractivity contribution in [3.05, 3.63) is 36.2 Å². The number of rotatable bonds is 3. The summed E-state index contributed by atoms with van der Waals surface area (Å²) in [5.74, 6) is 0. The molecule has 72 valence electrons. The number of hydrazine groups is 1. The number of hydrogen-bond acceptors (Lipinski definition) is 2. The first-order valence-corrected chi connectivity index (χ1v) is 4.84. The smallest absolute Gasteiger partial charge is 0.0528 e. The maximum absolute atomic E-state index is 3.40. The Hall–Kier alpha value is -1.02. The average Bonchev–Trinajstić information content (AvgIpc) is 2.18. The molecule has 0 aromatic rings. The van der Waals surface area contributed by atoms with Crippen LogP contribution in [0.5, 0.6) is 0 Å². The zero-order chi connectivity index (χ0) is 9.68. The quantitative estimate of drug-likeness (QED) is 0.714. The summed E-state index contributed by atoms with van der Waals surface area (Å²) < 4.78 is 0. The van der Waals surface area contributed by atoms with Gasteiger partial charge < -0.3 is 0 Å². The molecule has 0 aromatic carbocycles. The van der Waals surface area contributed by atoms with E-state index in [1.807, 2.05) is 25.3 Å². The van der Waals surface area contributed by atoms with E-state index < -0.39 is 0 Å². The second-order valence-corrected chi connectivity index (χ2v) is 3.22. The van der Waals surface area contributed by atoms with Crippen molar-refractivity contribution in [1.82, 2.24) is 10.4 Å². The molecule has 1 unspecified atom stereocenters. The van der Waals surface area contributed by atoms with Crippen molar-refractivity contribution in [2.75, 3.05) is 0 Å². The van der Waals surface area contributed by atoms with Gasteiger partial charge >= 0.3 is 0 Å². The predicted molar refractivity (Wildman–Crippen MR) is 56.8 cm³/mol. The van der Waals surface area contributed by atoms with Crippen LogP contribution in [0, 0.1) is 0 Å². The van der Waals surface area contributed by atoms with Crippen LogP contribution in [0.3, 0.4) is 0 Å². The van der Waals surface area contributed by atoms with Crippen LogP contribution in [0.4, 0.5) is 0 Å². The minimum atomic E-state index is 0.506. The first-order chi connectivity index (χ1) is 6.27. The van der Waals surface area contributed by atoms with Crippen molar-refractivity contribution in [2.45, 2.75) is 33.2 Å². The van der Waals surface area contributed by atoms with Crippen LogP contribution in [-0.2, 0) is 0 Å². The molecule has 2 heteroatoms. The van der Waals surface area contributed by atoms with Gasteiger partial charge in [-0.15, -0.1) is 0 Å². The van der Waals surface area contributed by atoms with E-state index in [1.165, 1.54) is 5.70 Å². The Labute approximate surface area is 80.6 Å². The Balaban J connectivity index is 2.58. The van der Waals surface area contributed by atoms with Crippen LogP contribution in [0.2, 0.25) is 0 Å². The highest BCUT2D eigenvalue weighted by molar-refractivity contribution is 5.26. The SMILES string of the molecule is C/C=C1/C=CC=CN1NC(C)CC. The summed E-state index contributed by atoms with van der Waals surface area (Å²) in [5, 5.41) is 2.06. The molecule has 0 aliphatic carbocycles. The molecule has 2 nitrogen and oxygen atoms in total. The molecular weight excluding hydrogens is 160 g/mol. The molecule has 1 N–H and O–H groups in total. The number of allylic oxidation sites excluding steroid dienone is 4. The van der Waals surface area contributed by atoms with Gasteiger partial charge in [-0.25, -0.2) is 5.43 Å². The summed E-state index contributed by atoms with van der Waals surface area (Å²) in [6.07, 6.45) is 11.4. The molecular formula is C11H18N2. The van der Waals surface area contributed by atoms with Gasteiger partial charge in [0.2, 0.25) is 0 Å². The molecule has 0 spiro atoms. The van der Waals surface area contributed by atoms with Gasteiger partial charge in [0.1, 0.15) is 0 Å². The molecule has 1 rings (SSSR count). The molecule has 0 radical (unpaired) electrons. The maximum Gasteiger partial charge on any atom is 0.0528 e. The van der Waals surface area contributed by atoms with E-state index in [1.54, 1.807) is 0 Å². The number of nitrogens with one attached hydrogen (secondary N) is 1. The van der Waals surface area contributed by atoms with Gasteiger partial charge in [-0.1, -0.05) is 19.1 Å². The summed E-state index contributed by atoms with van der Waals surface area (Å²) in [5.41, 5.74) is 4.59. The standard InChI is InChI=1S/C11H18N2/c1-4-10(3)12-13-9-7-6-8-11(13)5-2/h5-10,12H,4H2,1-3H3/b11-5-. The zero-order valence-electron chi connectivity index (χ0n) is 8.62. The second kappa shape index (κ2) is 4.87. The van der Waals surface area contributed by atoms with E-state index in [0.29, 0.717) is 6.04 Å². The molecule has 1 aliphatic rings. The van der Waals surface area contributed by atoms with Crippen molar-refractivity contribution in [1.29, 1.82) is 0 Å². The van der Waals surface area contributed by atoms with Crippen LogP contribution in [0.1, 0.15) is 27.2 Å². The molecule has 1 heterocycles. The molecule has 1 aliphatic heterocycles. The summed E-state index contributed by atoms with van der Waals surface area (Å²) in [7, 11) is 0. The van der Waals surface area contributed by atoms with Gasteiger partial charge in [-0.3, -0.25) is 5.01 Å². The molecule has 0 saturated heterocycles. The largest absolute Gasteiger partial charge is 0.284 e. The Morgan fingerprint density at radius 2 is 2.31 bits per heavy atom. The van der Waals surface area contributed by atoms with Crippen LogP contribution in [0.15, 0.2) is 36.2 Å². The fourth-order valence-electron chi connectivity index (χ4n) is 1.14. The lowest BCUT2D eigenvalue weighted by molar-refractivity contribution is 0.291. The zero-order valence-corrected chi connectivity index (χ0v) is 8.62. The molecule has 0 amide bonds. The lowest BCUT2D eigenvalue weighted by Gasteiger charge is -2.27.